The zero-order valence-electron chi connectivity index (χ0n) is 17.2. The number of hydrogen-bond donors (Lipinski definition) is 1. The Kier molecular flexibility index (Phi) is 6.33. The number of benzene rings is 2. The summed E-state index contributed by atoms with van der Waals surface area (Å²) in [7, 11) is 2.40. The molecular formula is C23H20ClN3O4. The fraction of sp³-hybridized carbons (Fsp3) is 0.174. The van der Waals surface area contributed by atoms with Crippen LogP contribution in [0, 0.1) is 18.3 Å². The highest BCUT2D eigenvalue weighted by Gasteiger charge is 2.43. The summed E-state index contributed by atoms with van der Waals surface area (Å²) in [6.45, 7) is 1.82. The fourth-order valence-corrected chi connectivity index (χ4v) is 3.91. The highest BCUT2D eigenvalue weighted by Crippen LogP contribution is 2.43. The zero-order valence-corrected chi connectivity index (χ0v) is 17.9. The van der Waals surface area contributed by atoms with E-state index in [0.717, 1.165) is 5.56 Å². The molecule has 0 saturated heterocycles. The molecule has 2 aromatic carbocycles. The van der Waals surface area contributed by atoms with Crippen molar-refractivity contribution in [3.8, 4) is 6.07 Å². The van der Waals surface area contributed by atoms with Crippen molar-refractivity contribution >= 4 is 29.2 Å². The lowest BCUT2D eigenvalue weighted by Gasteiger charge is -2.36. The van der Waals surface area contributed by atoms with Crippen LogP contribution >= 0.6 is 11.6 Å². The Morgan fingerprint density at radius 2 is 1.74 bits per heavy atom. The summed E-state index contributed by atoms with van der Waals surface area (Å²) in [5.41, 5.74) is 8.13. The van der Waals surface area contributed by atoms with E-state index in [2.05, 4.69) is 6.07 Å². The number of nitrogens with two attached hydrogens (primary N) is 1. The highest BCUT2D eigenvalue weighted by atomic mass is 35.5. The van der Waals surface area contributed by atoms with Gasteiger partial charge in [-0.25, -0.2) is 9.59 Å². The Bertz CT molecular complexity index is 1130. The first-order chi connectivity index (χ1) is 14.8. The van der Waals surface area contributed by atoms with Gasteiger partial charge in [0.25, 0.3) is 0 Å². The van der Waals surface area contributed by atoms with Gasteiger partial charge in [-0.15, -0.1) is 0 Å². The maximum atomic E-state index is 12.9. The van der Waals surface area contributed by atoms with Crippen LogP contribution in [0.3, 0.4) is 0 Å². The minimum absolute atomic E-state index is 0.00827. The van der Waals surface area contributed by atoms with Gasteiger partial charge in [0, 0.05) is 10.7 Å². The molecule has 2 aromatic rings. The molecule has 0 bridgehead atoms. The van der Waals surface area contributed by atoms with Gasteiger partial charge in [-0.3, -0.25) is 4.90 Å². The molecule has 0 aliphatic carbocycles. The molecule has 0 amide bonds. The van der Waals surface area contributed by atoms with E-state index in [1.165, 1.54) is 19.1 Å². The number of esters is 2. The summed E-state index contributed by atoms with van der Waals surface area (Å²) in [6, 6.07) is 16.0. The number of methoxy groups -OCH3 is 2. The van der Waals surface area contributed by atoms with Gasteiger partial charge in [-0.1, -0.05) is 41.9 Å². The number of nitriles is 1. The Labute approximate surface area is 184 Å². The van der Waals surface area contributed by atoms with Gasteiger partial charge >= 0.3 is 11.9 Å². The van der Waals surface area contributed by atoms with Crippen LogP contribution in [-0.4, -0.2) is 26.2 Å². The quantitative estimate of drug-likeness (QED) is 0.729. The average molecular weight is 438 g/mol. The zero-order chi connectivity index (χ0) is 22.7. The topological polar surface area (TPSA) is 106 Å². The van der Waals surface area contributed by atoms with E-state index >= 15 is 0 Å². The van der Waals surface area contributed by atoms with Crippen molar-refractivity contribution < 1.29 is 19.1 Å². The summed E-state index contributed by atoms with van der Waals surface area (Å²) in [6.07, 6.45) is 0. The molecular weight excluding hydrogens is 418 g/mol. The first-order valence-corrected chi connectivity index (χ1v) is 9.64. The standard InChI is InChI=1S/C23H20ClN3O4/c1-13-9-15(24)11-16(10-13)27-20(23(29)31-3)19(22(28)30-2)18(17(12-25)21(27)26)14-7-5-4-6-8-14/h4-11,18H,26H2,1-3H3. The van der Waals surface area contributed by atoms with Crippen molar-refractivity contribution in [3.05, 3.63) is 87.3 Å². The van der Waals surface area contributed by atoms with Crippen LogP contribution in [0.4, 0.5) is 5.69 Å². The van der Waals surface area contributed by atoms with Gasteiger partial charge in [0.15, 0.2) is 0 Å². The van der Waals surface area contributed by atoms with Gasteiger partial charge < -0.3 is 15.2 Å². The molecule has 158 valence electrons. The second-order valence-electron chi connectivity index (χ2n) is 6.82. The van der Waals surface area contributed by atoms with Crippen LogP contribution in [0.2, 0.25) is 5.02 Å². The maximum absolute atomic E-state index is 12.9. The molecule has 1 aliphatic rings. The molecule has 0 spiro atoms. The van der Waals surface area contributed by atoms with Crippen LogP contribution < -0.4 is 10.6 Å². The summed E-state index contributed by atoms with van der Waals surface area (Å²) in [4.78, 5) is 27.2. The number of rotatable bonds is 4. The van der Waals surface area contributed by atoms with E-state index in [1.807, 2.05) is 6.92 Å². The molecule has 0 fully saturated rings. The van der Waals surface area contributed by atoms with E-state index in [-0.39, 0.29) is 22.7 Å². The Hall–Kier alpha value is -3.76. The van der Waals surface area contributed by atoms with Gasteiger partial charge in [0.05, 0.1) is 37.4 Å². The fourth-order valence-electron chi connectivity index (χ4n) is 3.63. The van der Waals surface area contributed by atoms with Crippen molar-refractivity contribution in [2.45, 2.75) is 12.8 Å². The first kappa shape index (κ1) is 21.9. The highest BCUT2D eigenvalue weighted by molar-refractivity contribution is 6.31. The average Bonchev–Trinajstić information content (AvgIpc) is 2.76. The normalized spacial score (nSPS) is 16.1. The Morgan fingerprint density at radius 1 is 1.10 bits per heavy atom. The number of carbonyl (C=O) groups excluding carboxylic acids is 2. The van der Waals surface area contributed by atoms with E-state index in [4.69, 9.17) is 26.8 Å². The van der Waals surface area contributed by atoms with Crippen molar-refractivity contribution in [2.75, 3.05) is 19.1 Å². The number of aryl methyl sites for hydroxylation is 1. The Balaban J connectivity index is 2.43. The van der Waals surface area contributed by atoms with Crippen molar-refractivity contribution in [1.29, 1.82) is 5.26 Å². The van der Waals surface area contributed by atoms with Crippen LogP contribution in [0.25, 0.3) is 0 Å². The summed E-state index contributed by atoms with van der Waals surface area (Å²) in [5, 5.41) is 10.4. The van der Waals surface area contributed by atoms with Gasteiger partial charge in [0.1, 0.15) is 11.5 Å². The van der Waals surface area contributed by atoms with E-state index in [9.17, 15) is 14.9 Å². The van der Waals surface area contributed by atoms with Crippen LogP contribution in [0.5, 0.6) is 0 Å². The summed E-state index contributed by atoms with van der Waals surface area (Å²) >= 11 is 6.23. The Morgan fingerprint density at radius 3 is 2.29 bits per heavy atom. The first-order valence-electron chi connectivity index (χ1n) is 9.26. The van der Waals surface area contributed by atoms with Crippen LogP contribution in [-0.2, 0) is 19.1 Å². The van der Waals surface area contributed by atoms with Gasteiger partial charge in [0.2, 0.25) is 0 Å². The largest absolute Gasteiger partial charge is 0.466 e. The predicted octanol–water partition coefficient (Wildman–Crippen LogP) is 3.55. The second-order valence-corrected chi connectivity index (χ2v) is 7.26. The molecule has 1 aliphatic heterocycles. The molecule has 8 heteroatoms. The lowest BCUT2D eigenvalue weighted by molar-refractivity contribution is -0.139. The molecule has 0 radical (unpaired) electrons. The molecule has 7 nitrogen and oxygen atoms in total. The smallest absolute Gasteiger partial charge is 0.355 e. The molecule has 2 N–H and O–H groups in total. The molecule has 1 atom stereocenters. The number of carbonyl (C=O) groups is 2. The SMILES string of the molecule is COC(=O)C1=C(C(=O)OC)N(c2cc(C)cc(Cl)c2)C(N)=C(C#N)C1c1ccccc1. The minimum Gasteiger partial charge on any atom is -0.466 e. The number of anilines is 1. The molecule has 3 rings (SSSR count). The lowest BCUT2D eigenvalue weighted by atomic mass is 9.81. The number of ether oxygens (including phenoxy) is 2. The molecule has 1 heterocycles. The molecule has 1 unspecified atom stereocenters. The second kappa shape index (κ2) is 8.94. The minimum atomic E-state index is -0.913. The van der Waals surface area contributed by atoms with E-state index < -0.39 is 17.9 Å². The third kappa shape index (κ3) is 3.98. The maximum Gasteiger partial charge on any atom is 0.355 e. The van der Waals surface area contributed by atoms with Crippen LogP contribution in [0.15, 0.2) is 71.2 Å². The molecule has 0 aromatic heterocycles. The number of nitrogens with zero attached hydrogens (tertiary/aromatic N) is 2. The van der Waals surface area contributed by atoms with Gasteiger partial charge in [-0.2, -0.15) is 5.26 Å². The van der Waals surface area contributed by atoms with Gasteiger partial charge in [-0.05, 0) is 36.2 Å². The number of hydrogen-bond acceptors (Lipinski definition) is 7. The molecule has 31 heavy (non-hydrogen) atoms. The van der Waals surface area contributed by atoms with E-state index in [1.54, 1.807) is 48.5 Å². The monoisotopic (exact) mass is 437 g/mol. The summed E-state index contributed by atoms with van der Waals surface area (Å²) < 4.78 is 9.98. The summed E-state index contributed by atoms with van der Waals surface area (Å²) in [5.74, 6) is -2.51. The number of halogens is 1. The van der Waals surface area contributed by atoms with Crippen molar-refractivity contribution in [2.24, 2.45) is 5.73 Å². The van der Waals surface area contributed by atoms with Crippen molar-refractivity contribution in [1.82, 2.24) is 0 Å². The third-order valence-electron chi connectivity index (χ3n) is 4.90. The van der Waals surface area contributed by atoms with Crippen molar-refractivity contribution in [3.63, 3.8) is 0 Å². The molecule has 0 saturated carbocycles. The van der Waals surface area contributed by atoms with E-state index in [0.29, 0.717) is 16.3 Å². The van der Waals surface area contributed by atoms with Crippen LogP contribution in [0.1, 0.15) is 17.0 Å². The predicted molar refractivity (Wildman–Crippen MR) is 116 cm³/mol. The lowest BCUT2D eigenvalue weighted by Crippen LogP contribution is -2.40. The number of allylic oxidation sites excluding steroid dienone is 1. The third-order valence-corrected chi connectivity index (χ3v) is 5.11.